The first kappa shape index (κ1) is 18.0. The van der Waals surface area contributed by atoms with Gasteiger partial charge in [-0.3, -0.25) is 4.31 Å². The zero-order chi connectivity index (χ0) is 17.2. The van der Waals surface area contributed by atoms with Gasteiger partial charge in [-0.2, -0.15) is 0 Å². The van der Waals surface area contributed by atoms with Gasteiger partial charge in [0.25, 0.3) is 10.0 Å². The molecule has 0 heterocycles. The number of anilines is 1. The van der Waals surface area contributed by atoms with E-state index in [2.05, 4.69) is 31.9 Å². The van der Waals surface area contributed by atoms with E-state index in [4.69, 9.17) is 0 Å². The summed E-state index contributed by atoms with van der Waals surface area (Å²) in [6.45, 7) is 1.33. The number of nitrogens with zero attached hydrogens (tertiary/aromatic N) is 1. The Morgan fingerprint density at radius 2 is 1.43 bits per heavy atom. The molecule has 0 fully saturated rings. The third-order valence-electron chi connectivity index (χ3n) is 3.16. The minimum Gasteiger partial charge on any atom is -0.480 e. The number of hydrogen-bond donors (Lipinski definition) is 1. The van der Waals surface area contributed by atoms with Crippen molar-refractivity contribution in [3.8, 4) is 0 Å². The van der Waals surface area contributed by atoms with Crippen molar-refractivity contribution in [2.75, 3.05) is 4.31 Å². The number of halogens is 2. The molecule has 0 saturated heterocycles. The van der Waals surface area contributed by atoms with Crippen LogP contribution >= 0.6 is 31.9 Å². The Morgan fingerprint density at radius 3 is 1.87 bits per heavy atom. The van der Waals surface area contributed by atoms with Crippen molar-refractivity contribution in [3.05, 3.63) is 57.5 Å². The molecule has 0 aliphatic rings. The maximum absolute atomic E-state index is 12.9. The van der Waals surface area contributed by atoms with E-state index >= 15 is 0 Å². The Kier molecular flexibility index (Phi) is 5.49. The smallest absolute Gasteiger partial charge is 0.327 e. The van der Waals surface area contributed by atoms with Crippen molar-refractivity contribution in [3.63, 3.8) is 0 Å². The molecule has 0 bridgehead atoms. The van der Waals surface area contributed by atoms with Gasteiger partial charge in [0, 0.05) is 8.95 Å². The van der Waals surface area contributed by atoms with Gasteiger partial charge in [0.15, 0.2) is 0 Å². The number of hydrogen-bond acceptors (Lipinski definition) is 3. The highest BCUT2D eigenvalue weighted by Crippen LogP contribution is 2.28. The van der Waals surface area contributed by atoms with E-state index in [1.54, 1.807) is 36.4 Å². The zero-order valence-electron chi connectivity index (χ0n) is 12.0. The molecule has 0 amide bonds. The molecular weight excluding hydrogens is 450 g/mol. The van der Waals surface area contributed by atoms with Gasteiger partial charge in [0.1, 0.15) is 6.04 Å². The molecule has 0 saturated carbocycles. The number of carboxylic acids is 1. The van der Waals surface area contributed by atoms with Crippen molar-refractivity contribution in [2.45, 2.75) is 17.9 Å². The zero-order valence-corrected chi connectivity index (χ0v) is 16.0. The quantitative estimate of drug-likeness (QED) is 0.731. The summed E-state index contributed by atoms with van der Waals surface area (Å²) < 4.78 is 28.2. The second-order valence-corrected chi connectivity index (χ2v) is 8.39. The van der Waals surface area contributed by atoms with Crippen LogP contribution in [0.25, 0.3) is 0 Å². The summed E-state index contributed by atoms with van der Waals surface area (Å²) in [5.74, 6) is -1.23. The lowest BCUT2D eigenvalue weighted by Crippen LogP contribution is -2.43. The predicted molar refractivity (Wildman–Crippen MR) is 95.0 cm³/mol. The van der Waals surface area contributed by atoms with E-state index in [-0.39, 0.29) is 10.6 Å². The summed E-state index contributed by atoms with van der Waals surface area (Å²) in [6.07, 6.45) is 0. The molecule has 0 aromatic heterocycles. The summed E-state index contributed by atoms with van der Waals surface area (Å²) in [6, 6.07) is 11.2. The third kappa shape index (κ3) is 3.94. The Balaban J connectivity index is 2.58. The summed E-state index contributed by atoms with van der Waals surface area (Å²) in [4.78, 5) is 11.4. The summed E-state index contributed by atoms with van der Waals surface area (Å²) in [5.41, 5.74) is 0.283. The molecule has 0 aliphatic carbocycles. The molecule has 0 aliphatic heterocycles. The van der Waals surface area contributed by atoms with E-state index in [0.717, 1.165) is 13.3 Å². The molecule has 2 aromatic carbocycles. The van der Waals surface area contributed by atoms with Crippen LogP contribution in [0.15, 0.2) is 62.4 Å². The van der Waals surface area contributed by atoms with Gasteiger partial charge in [-0.1, -0.05) is 31.9 Å². The molecular formula is C15H13Br2NO4S. The van der Waals surface area contributed by atoms with Gasteiger partial charge in [-0.15, -0.1) is 0 Å². The van der Waals surface area contributed by atoms with Crippen LogP contribution in [0.5, 0.6) is 0 Å². The third-order valence-corrected chi connectivity index (χ3v) is 6.13. The minimum atomic E-state index is -4.01. The second-order valence-electron chi connectivity index (χ2n) is 4.75. The Labute approximate surface area is 151 Å². The number of sulfonamides is 1. The van der Waals surface area contributed by atoms with Gasteiger partial charge in [-0.25, -0.2) is 13.2 Å². The fourth-order valence-corrected chi connectivity index (χ4v) is 4.12. The standard InChI is InChI=1S/C15H13Br2NO4S/c1-10(15(19)20)18(13-6-2-11(16)3-7-13)23(21,22)14-8-4-12(17)5-9-14/h2-10H,1H3,(H,19,20). The summed E-state index contributed by atoms with van der Waals surface area (Å²) in [5, 5.41) is 9.30. The largest absolute Gasteiger partial charge is 0.480 e. The van der Waals surface area contributed by atoms with Crippen LogP contribution in [0.4, 0.5) is 5.69 Å². The first-order valence-corrected chi connectivity index (χ1v) is 9.54. The summed E-state index contributed by atoms with van der Waals surface area (Å²) >= 11 is 6.52. The average molecular weight is 463 g/mol. The van der Waals surface area contributed by atoms with E-state index in [0.29, 0.717) is 0 Å². The van der Waals surface area contributed by atoms with Crippen LogP contribution in [-0.2, 0) is 14.8 Å². The fourth-order valence-electron chi connectivity index (χ4n) is 1.98. The van der Waals surface area contributed by atoms with E-state index in [1.807, 2.05) is 0 Å². The molecule has 5 nitrogen and oxygen atoms in total. The molecule has 8 heteroatoms. The first-order chi connectivity index (χ1) is 10.7. The number of rotatable bonds is 5. The van der Waals surface area contributed by atoms with E-state index in [9.17, 15) is 18.3 Å². The fraction of sp³-hybridized carbons (Fsp3) is 0.133. The van der Waals surface area contributed by atoms with Crippen molar-refractivity contribution >= 4 is 53.5 Å². The highest BCUT2D eigenvalue weighted by molar-refractivity contribution is 9.10. The molecule has 2 aromatic rings. The lowest BCUT2D eigenvalue weighted by molar-refractivity contribution is -0.137. The Bertz CT molecular complexity index is 804. The Hall–Kier alpha value is -1.38. The number of aliphatic carboxylic acids is 1. The summed E-state index contributed by atoms with van der Waals surface area (Å²) in [7, 11) is -4.01. The molecule has 0 radical (unpaired) electrons. The van der Waals surface area contributed by atoms with Crippen molar-refractivity contribution in [1.29, 1.82) is 0 Å². The topological polar surface area (TPSA) is 74.7 Å². The molecule has 1 atom stereocenters. The van der Waals surface area contributed by atoms with Gasteiger partial charge in [0.05, 0.1) is 10.6 Å². The number of benzene rings is 2. The van der Waals surface area contributed by atoms with Crippen LogP contribution in [0.3, 0.4) is 0 Å². The van der Waals surface area contributed by atoms with Gasteiger partial charge >= 0.3 is 5.97 Å². The van der Waals surface area contributed by atoms with Crippen molar-refractivity contribution in [2.24, 2.45) is 0 Å². The predicted octanol–water partition coefficient (Wildman–Crippen LogP) is 3.88. The first-order valence-electron chi connectivity index (χ1n) is 6.52. The highest BCUT2D eigenvalue weighted by Gasteiger charge is 2.33. The number of carbonyl (C=O) groups is 1. The highest BCUT2D eigenvalue weighted by atomic mass is 79.9. The molecule has 1 unspecified atom stereocenters. The molecule has 1 N–H and O–H groups in total. The maximum atomic E-state index is 12.9. The Morgan fingerprint density at radius 1 is 1.00 bits per heavy atom. The normalized spacial score (nSPS) is 12.7. The van der Waals surface area contributed by atoms with Crippen LogP contribution in [0.2, 0.25) is 0 Å². The average Bonchev–Trinajstić information content (AvgIpc) is 2.49. The monoisotopic (exact) mass is 461 g/mol. The van der Waals surface area contributed by atoms with Crippen LogP contribution in [0, 0.1) is 0 Å². The van der Waals surface area contributed by atoms with E-state index in [1.165, 1.54) is 19.1 Å². The second kappa shape index (κ2) is 7.02. The lowest BCUT2D eigenvalue weighted by atomic mass is 10.2. The van der Waals surface area contributed by atoms with Gasteiger partial charge in [-0.05, 0) is 55.5 Å². The van der Waals surface area contributed by atoms with Crippen LogP contribution in [-0.4, -0.2) is 25.5 Å². The SMILES string of the molecule is CC(C(=O)O)N(c1ccc(Br)cc1)S(=O)(=O)c1ccc(Br)cc1. The molecule has 0 spiro atoms. The molecule has 23 heavy (non-hydrogen) atoms. The van der Waals surface area contributed by atoms with Gasteiger partial charge < -0.3 is 5.11 Å². The number of carboxylic acid groups (broad SMARTS) is 1. The van der Waals surface area contributed by atoms with Crippen LogP contribution < -0.4 is 4.31 Å². The van der Waals surface area contributed by atoms with Gasteiger partial charge in [0.2, 0.25) is 0 Å². The molecule has 122 valence electrons. The van der Waals surface area contributed by atoms with Crippen molar-refractivity contribution in [1.82, 2.24) is 0 Å². The minimum absolute atomic E-state index is 0.0247. The van der Waals surface area contributed by atoms with Crippen molar-refractivity contribution < 1.29 is 18.3 Å². The van der Waals surface area contributed by atoms with Crippen LogP contribution in [0.1, 0.15) is 6.92 Å². The molecule has 2 rings (SSSR count). The lowest BCUT2D eigenvalue weighted by Gasteiger charge is -2.28. The van der Waals surface area contributed by atoms with E-state index < -0.39 is 22.0 Å². The maximum Gasteiger partial charge on any atom is 0.327 e.